The van der Waals surface area contributed by atoms with Crippen molar-refractivity contribution in [1.82, 2.24) is 5.32 Å². The summed E-state index contributed by atoms with van der Waals surface area (Å²) in [7, 11) is 0. The van der Waals surface area contributed by atoms with Crippen molar-refractivity contribution >= 4 is 11.9 Å². The van der Waals surface area contributed by atoms with Crippen molar-refractivity contribution in [2.24, 2.45) is 0 Å². The van der Waals surface area contributed by atoms with Crippen LogP contribution in [0.2, 0.25) is 0 Å². The molecule has 0 fully saturated rings. The highest BCUT2D eigenvalue weighted by Crippen LogP contribution is 2.18. The zero-order valence-corrected chi connectivity index (χ0v) is 53.4. The van der Waals surface area contributed by atoms with E-state index in [1.807, 2.05) is 0 Å². The molecule has 6 nitrogen and oxygen atoms in total. The van der Waals surface area contributed by atoms with Crippen molar-refractivity contribution in [1.29, 1.82) is 0 Å². The van der Waals surface area contributed by atoms with E-state index in [-0.39, 0.29) is 18.5 Å². The second-order valence-corrected chi connectivity index (χ2v) is 24.6. The third-order valence-electron chi connectivity index (χ3n) is 16.7. The number of aliphatic hydroxyl groups is 2. The molecule has 0 aromatic rings. The van der Waals surface area contributed by atoms with Crippen LogP contribution in [-0.4, -0.2) is 47.4 Å². The standard InChI is InChI=1S/C73H139NO5/c1-3-5-7-9-11-13-14-15-44-47-51-55-59-63-67-73(78)79-68-64-60-56-52-48-45-42-40-38-36-34-32-30-28-26-24-22-20-18-16-17-19-21-23-25-27-29-31-33-35-37-39-41-43-46-50-54-58-62-66-72(77)74-70(69-75)71(76)65-61-57-53-49-12-10-8-6-4-2/h14-17,20,22,70-71,75-76H,3-13,18-19,21,23-69H2,1-2H3,(H,74,77)/b15-14-,17-16-,22-20-. The first kappa shape index (κ1) is 77.1. The van der Waals surface area contributed by atoms with Crippen molar-refractivity contribution < 1.29 is 24.5 Å². The van der Waals surface area contributed by atoms with Crippen LogP contribution in [0.4, 0.5) is 0 Å². The van der Waals surface area contributed by atoms with E-state index in [0.29, 0.717) is 25.9 Å². The van der Waals surface area contributed by atoms with Crippen LogP contribution in [0.25, 0.3) is 0 Å². The lowest BCUT2D eigenvalue weighted by molar-refractivity contribution is -0.143. The van der Waals surface area contributed by atoms with Crippen LogP contribution in [0.1, 0.15) is 393 Å². The third kappa shape index (κ3) is 65.1. The lowest BCUT2D eigenvalue weighted by atomic mass is 10.0. The van der Waals surface area contributed by atoms with Gasteiger partial charge in [0.05, 0.1) is 25.4 Å². The summed E-state index contributed by atoms with van der Waals surface area (Å²) in [6.07, 6.45) is 88.0. The van der Waals surface area contributed by atoms with E-state index >= 15 is 0 Å². The molecular weight excluding hydrogens is 971 g/mol. The average Bonchev–Trinajstić information content (AvgIpc) is 3.45. The van der Waals surface area contributed by atoms with Gasteiger partial charge in [0.15, 0.2) is 0 Å². The Bertz CT molecular complexity index is 1280. The summed E-state index contributed by atoms with van der Waals surface area (Å²) in [4.78, 5) is 24.5. The summed E-state index contributed by atoms with van der Waals surface area (Å²) in [5.41, 5.74) is 0. The Morgan fingerprint density at radius 3 is 0.975 bits per heavy atom. The highest BCUT2D eigenvalue weighted by Gasteiger charge is 2.20. The van der Waals surface area contributed by atoms with E-state index in [4.69, 9.17) is 4.74 Å². The minimum Gasteiger partial charge on any atom is -0.466 e. The van der Waals surface area contributed by atoms with Crippen molar-refractivity contribution in [3.8, 4) is 0 Å². The van der Waals surface area contributed by atoms with Gasteiger partial charge in [0.1, 0.15) is 0 Å². The Kier molecular flexibility index (Phi) is 66.9. The van der Waals surface area contributed by atoms with Crippen LogP contribution in [0, 0.1) is 0 Å². The molecule has 0 aromatic heterocycles. The third-order valence-corrected chi connectivity index (χ3v) is 16.7. The van der Waals surface area contributed by atoms with Crippen molar-refractivity contribution in [3.05, 3.63) is 36.5 Å². The van der Waals surface area contributed by atoms with Crippen LogP contribution < -0.4 is 5.32 Å². The normalized spacial score (nSPS) is 12.7. The maximum atomic E-state index is 12.4. The number of rotatable bonds is 67. The molecule has 0 aliphatic heterocycles. The number of nitrogens with one attached hydrogen (secondary N) is 1. The van der Waals surface area contributed by atoms with Crippen LogP contribution in [0.15, 0.2) is 36.5 Å². The highest BCUT2D eigenvalue weighted by atomic mass is 16.5. The lowest BCUT2D eigenvalue weighted by Gasteiger charge is -2.22. The van der Waals surface area contributed by atoms with Gasteiger partial charge in [-0.05, 0) is 83.5 Å². The molecule has 0 aromatic carbocycles. The first-order chi connectivity index (χ1) is 39.0. The van der Waals surface area contributed by atoms with Crippen LogP contribution in [0.3, 0.4) is 0 Å². The monoisotopic (exact) mass is 1110 g/mol. The number of unbranched alkanes of at least 4 members (excludes halogenated alkanes) is 50. The number of esters is 1. The molecule has 1 amide bonds. The topological polar surface area (TPSA) is 95.9 Å². The zero-order valence-electron chi connectivity index (χ0n) is 53.4. The average molecular weight is 1110 g/mol. The molecule has 2 atom stereocenters. The van der Waals surface area contributed by atoms with E-state index in [0.717, 1.165) is 51.4 Å². The predicted molar refractivity (Wildman–Crippen MR) is 347 cm³/mol. The van der Waals surface area contributed by atoms with Gasteiger partial charge in [-0.3, -0.25) is 9.59 Å². The first-order valence-corrected chi connectivity index (χ1v) is 35.7. The molecule has 0 bridgehead atoms. The Morgan fingerprint density at radius 1 is 0.354 bits per heavy atom. The van der Waals surface area contributed by atoms with Gasteiger partial charge in [0.2, 0.25) is 5.91 Å². The van der Waals surface area contributed by atoms with Gasteiger partial charge < -0.3 is 20.3 Å². The van der Waals surface area contributed by atoms with Gasteiger partial charge in [0, 0.05) is 12.8 Å². The number of carbonyl (C=O) groups excluding carboxylic acids is 2. The lowest BCUT2D eigenvalue weighted by Crippen LogP contribution is -2.45. The minimum absolute atomic E-state index is 0.0119. The van der Waals surface area contributed by atoms with Gasteiger partial charge in [-0.25, -0.2) is 0 Å². The number of hydrogen-bond acceptors (Lipinski definition) is 5. The van der Waals surface area contributed by atoms with Gasteiger partial charge in [-0.1, -0.05) is 333 Å². The molecule has 0 rings (SSSR count). The predicted octanol–water partition coefficient (Wildman–Crippen LogP) is 23.1. The number of hydrogen-bond donors (Lipinski definition) is 3. The van der Waals surface area contributed by atoms with Crippen molar-refractivity contribution in [2.45, 2.75) is 405 Å². The molecule has 0 saturated carbocycles. The summed E-state index contributed by atoms with van der Waals surface area (Å²) >= 11 is 0. The fourth-order valence-electron chi connectivity index (χ4n) is 11.2. The second-order valence-electron chi connectivity index (χ2n) is 24.6. The number of amides is 1. The van der Waals surface area contributed by atoms with E-state index in [2.05, 4.69) is 55.6 Å². The molecule has 0 heterocycles. The van der Waals surface area contributed by atoms with Crippen molar-refractivity contribution in [2.75, 3.05) is 13.2 Å². The van der Waals surface area contributed by atoms with E-state index in [1.54, 1.807) is 0 Å². The van der Waals surface area contributed by atoms with Gasteiger partial charge >= 0.3 is 5.97 Å². The zero-order chi connectivity index (χ0) is 57.1. The highest BCUT2D eigenvalue weighted by molar-refractivity contribution is 5.76. The summed E-state index contributed by atoms with van der Waals surface area (Å²) in [5, 5.41) is 23.1. The van der Waals surface area contributed by atoms with Crippen molar-refractivity contribution in [3.63, 3.8) is 0 Å². The molecule has 3 N–H and O–H groups in total. The fourth-order valence-corrected chi connectivity index (χ4v) is 11.2. The van der Waals surface area contributed by atoms with Gasteiger partial charge in [-0.2, -0.15) is 0 Å². The molecule has 6 heteroatoms. The summed E-state index contributed by atoms with van der Waals surface area (Å²) in [6, 6.07) is -0.537. The number of carbonyl (C=O) groups is 2. The molecule has 79 heavy (non-hydrogen) atoms. The van der Waals surface area contributed by atoms with Crippen LogP contribution in [0.5, 0.6) is 0 Å². The maximum absolute atomic E-state index is 12.4. The second kappa shape index (κ2) is 68.6. The molecule has 466 valence electrons. The van der Waals surface area contributed by atoms with Crippen LogP contribution >= 0.6 is 0 Å². The SMILES string of the molecule is CCCCCCC/C=C\CCCCCCCC(=O)OCCCCCCCCCCCCCCCCC/C=C\C/C=C\CCCCCCCCCCCCCCCCCCCC(=O)NC(CO)C(O)CCCCCCCCCCC. The largest absolute Gasteiger partial charge is 0.466 e. The Labute approximate surface area is 494 Å². The summed E-state index contributed by atoms with van der Waals surface area (Å²) in [6.45, 7) is 4.94. The number of aliphatic hydroxyl groups excluding tert-OH is 2. The van der Waals surface area contributed by atoms with E-state index < -0.39 is 12.1 Å². The minimum atomic E-state index is -0.659. The molecule has 0 radical (unpaired) electrons. The molecule has 2 unspecified atom stereocenters. The first-order valence-electron chi connectivity index (χ1n) is 35.7. The summed E-state index contributed by atoms with van der Waals surface area (Å²) in [5.74, 6) is -0.0209. The molecule has 0 aliphatic carbocycles. The number of ether oxygens (including phenoxy) is 1. The molecule has 0 saturated heterocycles. The Balaban J connectivity index is 3.32. The molecule has 0 aliphatic rings. The Hall–Kier alpha value is -1.92. The smallest absolute Gasteiger partial charge is 0.305 e. The molecule has 0 spiro atoms. The van der Waals surface area contributed by atoms with E-state index in [9.17, 15) is 19.8 Å². The fraction of sp³-hybridized carbons (Fsp3) is 0.890. The number of allylic oxidation sites excluding steroid dienone is 6. The van der Waals surface area contributed by atoms with E-state index in [1.165, 1.54) is 308 Å². The Morgan fingerprint density at radius 2 is 0.633 bits per heavy atom. The van der Waals surface area contributed by atoms with Gasteiger partial charge in [-0.15, -0.1) is 0 Å². The summed E-state index contributed by atoms with van der Waals surface area (Å²) < 4.78 is 5.49. The van der Waals surface area contributed by atoms with Crippen LogP contribution in [-0.2, 0) is 14.3 Å². The maximum Gasteiger partial charge on any atom is 0.305 e. The molecular formula is C73H139NO5. The van der Waals surface area contributed by atoms with Gasteiger partial charge in [0.25, 0.3) is 0 Å². The quantitative estimate of drug-likeness (QED) is 0.0320.